The van der Waals surface area contributed by atoms with Crippen LogP contribution in [0.2, 0.25) is 0 Å². The summed E-state index contributed by atoms with van der Waals surface area (Å²) in [5, 5.41) is 10.4. The molecule has 3 heterocycles. The lowest BCUT2D eigenvalue weighted by atomic mass is 10.3. The molecular formula is C13H12N4O3. The number of H-pyrrole nitrogens is 1. The summed E-state index contributed by atoms with van der Waals surface area (Å²) >= 11 is 0. The van der Waals surface area contributed by atoms with Gasteiger partial charge >= 0.3 is 0 Å². The summed E-state index contributed by atoms with van der Waals surface area (Å²) in [7, 11) is 0. The number of hydrogen-bond acceptors (Lipinski definition) is 5. The zero-order valence-corrected chi connectivity index (χ0v) is 10.5. The Kier molecular flexibility index (Phi) is 3.32. The lowest BCUT2D eigenvalue weighted by Gasteiger charge is -1.96. The van der Waals surface area contributed by atoms with Crippen molar-refractivity contribution in [3.63, 3.8) is 0 Å². The van der Waals surface area contributed by atoms with E-state index in [0.717, 1.165) is 6.42 Å². The Balaban J connectivity index is 1.62. The van der Waals surface area contributed by atoms with Crippen LogP contribution in [0.25, 0.3) is 11.5 Å². The number of nitrogens with zero attached hydrogens (tertiary/aromatic N) is 2. The first-order valence-electron chi connectivity index (χ1n) is 6.08. The molecule has 0 spiro atoms. The first kappa shape index (κ1) is 12.2. The van der Waals surface area contributed by atoms with Crippen LogP contribution in [0.5, 0.6) is 0 Å². The van der Waals surface area contributed by atoms with Gasteiger partial charge in [-0.1, -0.05) is 0 Å². The van der Waals surface area contributed by atoms with Crippen LogP contribution < -0.4 is 5.43 Å². The smallest absolute Gasteiger partial charge is 0.291 e. The highest BCUT2D eigenvalue weighted by Gasteiger charge is 2.12. The average molecular weight is 272 g/mol. The first-order valence-corrected chi connectivity index (χ1v) is 6.08. The second kappa shape index (κ2) is 5.43. The highest BCUT2D eigenvalue weighted by Crippen LogP contribution is 2.17. The quantitative estimate of drug-likeness (QED) is 0.654. The van der Waals surface area contributed by atoms with E-state index in [9.17, 15) is 4.79 Å². The molecule has 0 atom stereocenters. The number of ether oxygens (including phenoxy) is 1. The van der Waals surface area contributed by atoms with E-state index in [0.29, 0.717) is 23.8 Å². The molecule has 7 heteroatoms. The predicted octanol–water partition coefficient (Wildman–Crippen LogP) is 1.69. The summed E-state index contributed by atoms with van der Waals surface area (Å²) in [4.78, 5) is 11.8. The van der Waals surface area contributed by atoms with Gasteiger partial charge in [-0.05, 0) is 18.2 Å². The number of rotatable bonds is 4. The Morgan fingerprint density at radius 1 is 1.55 bits per heavy atom. The third-order valence-corrected chi connectivity index (χ3v) is 2.69. The molecule has 1 aliphatic rings. The predicted molar refractivity (Wildman–Crippen MR) is 70.9 cm³/mol. The van der Waals surface area contributed by atoms with Crippen molar-refractivity contribution in [2.45, 2.75) is 6.42 Å². The van der Waals surface area contributed by atoms with Gasteiger partial charge in [0, 0.05) is 12.5 Å². The summed E-state index contributed by atoms with van der Waals surface area (Å²) < 4.78 is 10.4. The maximum Gasteiger partial charge on any atom is 0.291 e. The van der Waals surface area contributed by atoms with Crippen molar-refractivity contribution in [2.24, 2.45) is 5.10 Å². The second-order valence-corrected chi connectivity index (χ2v) is 4.09. The molecule has 3 rings (SSSR count). The SMILES string of the molecule is O=C(N/N=C/C1=CCCO1)c1cc(-c2ccco2)[nH]n1. The fraction of sp³-hybridized carbons (Fsp3) is 0.154. The average Bonchev–Trinajstić information content (AvgIpc) is 3.20. The van der Waals surface area contributed by atoms with Crippen LogP contribution in [-0.4, -0.2) is 28.9 Å². The fourth-order valence-electron chi connectivity index (χ4n) is 1.73. The van der Waals surface area contributed by atoms with Gasteiger partial charge < -0.3 is 9.15 Å². The van der Waals surface area contributed by atoms with Gasteiger partial charge in [-0.3, -0.25) is 9.89 Å². The zero-order chi connectivity index (χ0) is 13.8. The van der Waals surface area contributed by atoms with E-state index in [1.54, 1.807) is 24.5 Å². The van der Waals surface area contributed by atoms with Gasteiger partial charge in [-0.15, -0.1) is 0 Å². The molecule has 2 aromatic rings. The Morgan fingerprint density at radius 3 is 3.25 bits per heavy atom. The lowest BCUT2D eigenvalue weighted by Crippen LogP contribution is -2.18. The fourth-order valence-corrected chi connectivity index (χ4v) is 1.73. The Bertz CT molecular complexity index is 655. The third-order valence-electron chi connectivity index (χ3n) is 2.69. The molecule has 0 aliphatic carbocycles. The van der Waals surface area contributed by atoms with Crippen molar-refractivity contribution in [3.8, 4) is 11.5 Å². The minimum atomic E-state index is -0.408. The van der Waals surface area contributed by atoms with Gasteiger partial charge in [-0.2, -0.15) is 10.2 Å². The van der Waals surface area contributed by atoms with Crippen molar-refractivity contribution in [1.82, 2.24) is 15.6 Å². The Morgan fingerprint density at radius 2 is 2.50 bits per heavy atom. The highest BCUT2D eigenvalue weighted by atomic mass is 16.5. The van der Waals surface area contributed by atoms with E-state index in [4.69, 9.17) is 9.15 Å². The Hall–Kier alpha value is -2.83. The van der Waals surface area contributed by atoms with Gasteiger partial charge in [0.25, 0.3) is 5.91 Å². The maximum atomic E-state index is 11.8. The number of allylic oxidation sites excluding steroid dienone is 1. The van der Waals surface area contributed by atoms with Crippen LogP contribution in [0.15, 0.2) is 45.8 Å². The second-order valence-electron chi connectivity index (χ2n) is 4.09. The minimum Gasteiger partial charge on any atom is -0.492 e. The third kappa shape index (κ3) is 2.61. The van der Waals surface area contributed by atoms with Crippen LogP contribution in [0.4, 0.5) is 0 Å². The van der Waals surface area contributed by atoms with Gasteiger partial charge in [0.1, 0.15) is 11.5 Å². The molecule has 0 saturated carbocycles. The van der Waals surface area contributed by atoms with E-state index < -0.39 is 5.91 Å². The van der Waals surface area contributed by atoms with Crippen LogP contribution in [-0.2, 0) is 4.74 Å². The molecule has 0 radical (unpaired) electrons. The molecule has 7 nitrogen and oxygen atoms in total. The van der Waals surface area contributed by atoms with Gasteiger partial charge in [0.05, 0.1) is 19.1 Å². The number of hydrogen-bond donors (Lipinski definition) is 2. The number of carbonyl (C=O) groups excluding carboxylic acids is 1. The lowest BCUT2D eigenvalue weighted by molar-refractivity contribution is 0.0950. The van der Waals surface area contributed by atoms with Gasteiger partial charge in [0.15, 0.2) is 11.5 Å². The highest BCUT2D eigenvalue weighted by molar-refractivity contribution is 5.93. The van der Waals surface area contributed by atoms with Crippen molar-refractivity contribution < 1.29 is 13.9 Å². The maximum absolute atomic E-state index is 11.8. The number of furan rings is 1. The van der Waals surface area contributed by atoms with Crippen LogP contribution in [0.3, 0.4) is 0 Å². The van der Waals surface area contributed by atoms with Crippen LogP contribution in [0, 0.1) is 0 Å². The van der Waals surface area contributed by atoms with Crippen LogP contribution >= 0.6 is 0 Å². The topological polar surface area (TPSA) is 92.5 Å². The van der Waals surface area contributed by atoms with E-state index in [1.165, 1.54) is 6.21 Å². The summed E-state index contributed by atoms with van der Waals surface area (Å²) in [6.07, 6.45) is 5.78. The monoisotopic (exact) mass is 272 g/mol. The van der Waals surface area contributed by atoms with Crippen molar-refractivity contribution >= 4 is 12.1 Å². The number of carbonyl (C=O) groups is 1. The van der Waals surface area contributed by atoms with E-state index in [2.05, 4.69) is 20.7 Å². The summed E-state index contributed by atoms with van der Waals surface area (Å²) in [5.74, 6) is 0.863. The number of nitrogens with one attached hydrogen (secondary N) is 2. The molecule has 0 fully saturated rings. The molecule has 102 valence electrons. The number of aromatic nitrogens is 2. The van der Waals surface area contributed by atoms with E-state index in [1.807, 2.05) is 6.08 Å². The molecule has 2 N–H and O–H groups in total. The molecular weight excluding hydrogens is 260 g/mol. The van der Waals surface area contributed by atoms with Crippen molar-refractivity contribution in [1.29, 1.82) is 0 Å². The molecule has 0 aromatic carbocycles. The number of hydrazone groups is 1. The first-order chi connectivity index (χ1) is 9.83. The normalized spacial score (nSPS) is 14.3. The summed E-state index contributed by atoms with van der Waals surface area (Å²) in [5.41, 5.74) is 3.24. The molecule has 1 amide bonds. The minimum absolute atomic E-state index is 0.231. The molecule has 0 saturated heterocycles. The largest absolute Gasteiger partial charge is 0.492 e. The number of amides is 1. The molecule has 20 heavy (non-hydrogen) atoms. The van der Waals surface area contributed by atoms with Crippen molar-refractivity contribution in [2.75, 3.05) is 6.61 Å². The van der Waals surface area contributed by atoms with Crippen molar-refractivity contribution in [3.05, 3.63) is 42.0 Å². The molecule has 0 unspecified atom stereocenters. The summed E-state index contributed by atoms with van der Waals surface area (Å²) in [6, 6.07) is 5.13. The van der Waals surface area contributed by atoms with E-state index >= 15 is 0 Å². The van der Waals surface area contributed by atoms with Gasteiger partial charge in [0.2, 0.25) is 0 Å². The van der Waals surface area contributed by atoms with E-state index in [-0.39, 0.29) is 5.69 Å². The standard InChI is InChI=1S/C13H12N4O3/c18-13(17-14-8-9-3-1-5-19-9)11-7-10(15-16-11)12-4-2-6-20-12/h2-4,6-8H,1,5H2,(H,15,16)(H,17,18)/b14-8+. The van der Waals surface area contributed by atoms with Gasteiger partial charge in [-0.25, -0.2) is 5.43 Å². The summed E-state index contributed by atoms with van der Waals surface area (Å²) in [6.45, 7) is 0.654. The Labute approximate surface area is 114 Å². The number of aromatic amines is 1. The van der Waals surface area contributed by atoms with Crippen LogP contribution in [0.1, 0.15) is 16.9 Å². The molecule has 0 bridgehead atoms. The molecule has 2 aromatic heterocycles. The zero-order valence-electron chi connectivity index (χ0n) is 10.5. The molecule has 1 aliphatic heterocycles.